The van der Waals surface area contributed by atoms with Crippen LogP contribution in [0.4, 0.5) is 10.1 Å². The quantitative estimate of drug-likeness (QED) is 0.850. The predicted molar refractivity (Wildman–Crippen MR) is 83.0 cm³/mol. The molecule has 2 unspecified atom stereocenters. The van der Waals surface area contributed by atoms with Gasteiger partial charge in [0.05, 0.1) is 0 Å². The lowest BCUT2D eigenvalue weighted by atomic mass is 10.1. The highest BCUT2D eigenvalue weighted by Gasteiger charge is 2.24. The van der Waals surface area contributed by atoms with Gasteiger partial charge in [-0.2, -0.15) is 0 Å². The van der Waals surface area contributed by atoms with Crippen LogP contribution in [0.2, 0.25) is 0 Å². The number of hydrogen-bond donors (Lipinski definition) is 1. The van der Waals surface area contributed by atoms with Gasteiger partial charge in [-0.3, -0.25) is 4.79 Å². The number of hydrogen-bond acceptors (Lipinski definition) is 1. The number of fused-ring (bicyclic) bond motifs is 1. The van der Waals surface area contributed by atoms with Crippen LogP contribution in [0.15, 0.2) is 43.1 Å². The lowest BCUT2D eigenvalue weighted by molar-refractivity contribution is -0.111. The summed E-state index contributed by atoms with van der Waals surface area (Å²) in [5, 5.41) is 3.83. The maximum atomic E-state index is 13.3. The third-order valence-electron chi connectivity index (χ3n) is 4.16. The molecule has 1 aromatic heterocycles. The lowest BCUT2D eigenvalue weighted by Gasteiger charge is -2.12. The number of nitrogens with zero attached hydrogens (tertiary/aromatic N) is 1. The van der Waals surface area contributed by atoms with E-state index < -0.39 is 6.17 Å². The first-order chi connectivity index (χ1) is 10.2. The number of carbonyl (C=O) groups excluding carboxylic acids is 1. The van der Waals surface area contributed by atoms with Crippen molar-refractivity contribution in [3.8, 4) is 0 Å². The monoisotopic (exact) mass is 286 g/mol. The maximum absolute atomic E-state index is 13.3. The Morgan fingerprint density at radius 3 is 3.00 bits per heavy atom. The summed E-state index contributed by atoms with van der Waals surface area (Å²) in [6.07, 6.45) is 5.00. The zero-order valence-corrected chi connectivity index (χ0v) is 11.9. The van der Waals surface area contributed by atoms with Crippen LogP contribution < -0.4 is 5.32 Å². The van der Waals surface area contributed by atoms with Gasteiger partial charge in [0.15, 0.2) is 0 Å². The predicted octanol–water partition coefficient (Wildman–Crippen LogP) is 3.90. The van der Waals surface area contributed by atoms with Crippen LogP contribution in [0.3, 0.4) is 0 Å². The molecule has 0 spiro atoms. The lowest BCUT2D eigenvalue weighted by Crippen LogP contribution is -2.08. The van der Waals surface area contributed by atoms with Crippen LogP contribution in [-0.4, -0.2) is 16.6 Å². The van der Waals surface area contributed by atoms with E-state index in [0.29, 0.717) is 18.8 Å². The summed E-state index contributed by atoms with van der Waals surface area (Å²) in [6, 6.07) is 7.85. The zero-order valence-electron chi connectivity index (χ0n) is 11.9. The Bertz CT molecular complexity index is 676. The highest BCUT2D eigenvalue weighted by atomic mass is 19.1. The van der Waals surface area contributed by atoms with Crippen molar-refractivity contribution in [2.24, 2.45) is 5.92 Å². The fourth-order valence-electron chi connectivity index (χ4n) is 3.09. The Morgan fingerprint density at radius 2 is 2.29 bits per heavy atom. The number of halogens is 1. The molecule has 110 valence electrons. The molecule has 1 heterocycles. The topological polar surface area (TPSA) is 34.0 Å². The zero-order chi connectivity index (χ0) is 14.8. The number of amides is 1. The van der Waals surface area contributed by atoms with Crippen molar-refractivity contribution in [2.75, 3.05) is 5.32 Å². The molecular formula is C17H19FN2O. The molecule has 3 nitrogen and oxygen atoms in total. The highest BCUT2D eigenvalue weighted by Crippen LogP contribution is 2.30. The average Bonchev–Trinajstić information content (AvgIpc) is 3.06. The first-order valence-electron chi connectivity index (χ1n) is 7.32. The van der Waals surface area contributed by atoms with Crippen molar-refractivity contribution < 1.29 is 9.18 Å². The van der Waals surface area contributed by atoms with Crippen LogP contribution >= 0.6 is 0 Å². The summed E-state index contributed by atoms with van der Waals surface area (Å²) in [6.45, 7) is 4.30. The molecule has 0 saturated heterocycles. The second-order valence-corrected chi connectivity index (χ2v) is 5.71. The van der Waals surface area contributed by atoms with Crippen molar-refractivity contribution >= 4 is 22.5 Å². The summed E-state index contributed by atoms with van der Waals surface area (Å²) in [5.41, 5.74) is 1.88. The van der Waals surface area contributed by atoms with Gasteiger partial charge in [0, 0.05) is 29.3 Å². The number of carbonyl (C=O) groups is 1. The Labute approximate surface area is 123 Å². The second-order valence-electron chi connectivity index (χ2n) is 5.71. The molecule has 1 aromatic carbocycles. The maximum Gasteiger partial charge on any atom is 0.247 e. The highest BCUT2D eigenvalue weighted by molar-refractivity contribution is 6.00. The first kappa shape index (κ1) is 13.9. The van der Waals surface area contributed by atoms with Crippen LogP contribution in [0, 0.1) is 5.92 Å². The van der Waals surface area contributed by atoms with E-state index in [-0.39, 0.29) is 5.91 Å². The van der Waals surface area contributed by atoms with Crippen LogP contribution in [0.1, 0.15) is 19.3 Å². The number of alkyl halides is 1. The standard InChI is InChI=1S/C17H19FN2O/c1-2-17(21)19-15-5-6-16-13(10-15)7-8-20(16)11-12-3-4-14(18)9-12/h2,5-8,10,12,14H,1,3-4,9,11H2,(H,19,21). The molecule has 1 aliphatic carbocycles. The van der Waals surface area contributed by atoms with E-state index in [1.54, 1.807) is 0 Å². The molecule has 2 aromatic rings. The Kier molecular flexibility index (Phi) is 3.78. The second kappa shape index (κ2) is 5.72. The Hall–Kier alpha value is -2.10. The molecule has 0 bridgehead atoms. The van der Waals surface area contributed by atoms with E-state index in [1.807, 2.05) is 30.5 Å². The summed E-state index contributed by atoms with van der Waals surface area (Å²) < 4.78 is 15.4. The third kappa shape index (κ3) is 2.99. The molecule has 2 atom stereocenters. The van der Waals surface area contributed by atoms with E-state index in [1.165, 1.54) is 6.08 Å². The van der Waals surface area contributed by atoms with Gasteiger partial charge in [0.2, 0.25) is 5.91 Å². The van der Waals surface area contributed by atoms with Gasteiger partial charge in [-0.05, 0) is 55.5 Å². The number of anilines is 1. The van der Waals surface area contributed by atoms with Crippen molar-refractivity contribution in [3.63, 3.8) is 0 Å². The molecule has 0 radical (unpaired) electrons. The number of nitrogens with one attached hydrogen (secondary N) is 1. The van der Waals surface area contributed by atoms with Gasteiger partial charge in [0.1, 0.15) is 6.17 Å². The SMILES string of the molecule is C=CC(=O)Nc1ccc2c(ccn2CC2CCC(F)C2)c1. The van der Waals surface area contributed by atoms with E-state index in [2.05, 4.69) is 16.5 Å². The smallest absolute Gasteiger partial charge is 0.247 e. The van der Waals surface area contributed by atoms with E-state index in [0.717, 1.165) is 29.6 Å². The van der Waals surface area contributed by atoms with Crippen molar-refractivity contribution in [1.29, 1.82) is 0 Å². The van der Waals surface area contributed by atoms with Crippen molar-refractivity contribution in [2.45, 2.75) is 32.0 Å². The molecule has 1 saturated carbocycles. The minimum absolute atomic E-state index is 0.214. The Morgan fingerprint density at radius 1 is 1.43 bits per heavy atom. The molecule has 1 N–H and O–H groups in total. The summed E-state index contributed by atoms with van der Waals surface area (Å²) in [4.78, 5) is 11.3. The van der Waals surface area contributed by atoms with Gasteiger partial charge in [-0.25, -0.2) is 4.39 Å². The molecule has 1 amide bonds. The van der Waals surface area contributed by atoms with Gasteiger partial charge < -0.3 is 9.88 Å². The van der Waals surface area contributed by atoms with Gasteiger partial charge >= 0.3 is 0 Å². The van der Waals surface area contributed by atoms with Crippen LogP contribution in [0.5, 0.6) is 0 Å². The first-order valence-corrected chi connectivity index (χ1v) is 7.32. The number of rotatable bonds is 4. The van der Waals surface area contributed by atoms with Crippen LogP contribution in [-0.2, 0) is 11.3 Å². The summed E-state index contributed by atoms with van der Waals surface area (Å²) in [5.74, 6) is 0.212. The molecule has 3 rings (SSSR count). The van der Waals surface area contributed by atoms with E-state index in [4.69, 9.17) is 0 Å². The fraction of sp³-hybridized carbons (Fsp3) is 0.353. The molecular weight excluding hydrogens is 267 g/mol. The van der Waals surface area contributed by atoms with E-state index in [9.17, 15) is 9.18 Å². The molecule has 4 heteroatoms. The third-order valence-corrected chi connectivity index (χ3v) is 4.16. The van der Waals surface area contributed by atoms with Gasteiger partial charge in [-0.1, -0.05) is 6.58 Å². The normalized spacial score (nSPS) is 21.6. The molecule has 1 fully saturated rings. The molecule has 1 aliphatic rings. The number of aromatic nitrogens is 1. The van der Waals surface area contributed by atoms with Crippen molar-refractivity contribution in [1.82, 2.24) is 4.57 Å². The average molecular weight is 286 g/mol. The Balaban J connectivity index is 1.79. The minimum Gasteiger partial charge on any atom is -0.347 e. The number of benzene rings is 1. The molecule has 21 heavy (non-hydrogen) atoms. The summed E-state index contributed by atoms with van der Waals surface area (Å²) >= 11 is 0. The van der Waals surface area contributed by atoms with E-state index >= 15 is 0 Å². The van der Waals surface area contributed by atoms with Gasteiger partial charge in [-0.15, -0.1) is 0 Å². The minimum atomic E-state index is -0.627. The fourth-order valence-corrected chi connectivity index (χ4v) is 3.09. The summed E-state index contributed by atoms with van der Waals surface area (Å²) in [7, 11) is 0. The molecule has 0 aliphatic heterocycles. The van der Waals surface area contributed by atoms with Crippen molar-refractivity contribution in [3.05, 3.63) is 43.1 Å². The van der Waals surface area contributed by atoms with Gasteiger partial charge in [0.25, 0.3) is 0 Å². The van der Waals surface area contributed by atoms with Crippen LogP contribution in [0.25, 0.3) is 10.9 Å². The largest absolute Gasteiger partial charge is 0.347 e.